The number of sulfonamides is 1. The van der Waals surface area contributed by atoms with E-state index >= 15 is 0 Å². The highest BCUT2D eigenvalue weighted by Gasteiger charge is 2.34. The molecule has 8 heteroatoms. The quantitative estimate of drug-likeness (QED) is 0.764. The van der Waals surface area contributed by atoms with Crippen molar-refractivity contribution in [3.63, 3.8) is 0 Å². The molecule has 31 heavy (non-hydrogen) atoms. The molecule has 6 nitrogen and oxygen atoms in total. The monoisotopic (exact) mass is 446 g/mol. The molecule has 1 heterocycles. The van der Waals surface area contributed by atoms with E-state index in [4.69, 9.17) is 4.74 Å². The van der Waals surface area contributed by atoms with Crippen LogP contribution in [-0.2, 0) is 21.2 Å². The van der Waals surface area contributed by atoms with Gasteiger partial charge in [-0.1, -0.05) is 6.07 Å². The number of piperidine rings is 1. The Balaban J connectivity index is 1.46. The standard InChI is InChI=1S/C23H27FN2O4S/c1-30-19-9-12-21-16(14-19)4-2-6-22(21)25-23(27)17-5-3-13-26(15-17)31(28,29)20-10-7-18(24)8-11-20/h7-12,14,17,22H,2-6,13,15H2,1H3,(H,25,27). The minimum atomic E-state index is -3.76. The molecule has 2 aliphatic rings. The molecular weight excluding hydrogens is 419 g/mol. The average Bonchev–Trinajstić information content (AvgIpc) is 2.79. The Morgan fingerprint density at radius 3 is 2.65 bits per heavy atom. The van der Waals surface area contributed by atoms with E-state index in [-0.39, 0.29) is 23.4 Å². The zero-order chi connectivity index (χ0) is 22.0. The van der Waals surface area contributed by atoms with Gasteiger partial charge in [0, 0.05) is 13.1 Å². The van der Waals surface area contributed by atoms with Crippen molar-refractivity contribution in [1.29, 1.82) is 0 Å². The summed E-state index contributed by atoms with van der Waals surface area (Å²) in [6.45, 7) is 0.489. The Morgan fingerprint density at radius 2 is 1.90 bits per heavy atom. The van der Waals surface area contributed by atoms with Crippen LogP contribution in [0.15, 0.2) is 47.4 Å². The molecule has 4 rings (SSSR count). The molecule has 0 bridgehead atoms. The molecular formula is C23H27FN2O4S. The first kappa shape index (κ1) is 21.8. The second kappa shape index (κ2) is 8.96. The number of carbonyl (C=O) groups is 1. The van der Waals surface area contributed by atoms with Gasteiger partial charge < -0.3 is 10.1 Å². The molecule has 2 aromatic rings. The third-order valence-electron chi connectivity index (χ3n) is 6.19. The summed E-state index contributed by atoms with van der Waals surface area (Å²) in [5.74, 6) is -0.208. The first-order chi connectivity index (χ1) is 14.9. The number of hydrogen-bond acceptors (Lipinski definition) is 4. The first-order valence-corrected chi connectivity index (χ1v) is 12.1. The van der Waals surface area contributed by atoms with Crippen molar-refractivity contribution < 1.29 is 22.3 Å². The summed E-state index contributed by atoms with van der Waals surface area (Å²) in [4.78, 5) is 13.1. The second-order valence-electron chi connectivity index (χ2n) is 8.17. The molecule has 0 spiro atoms. The van der Waals surface area contributed by atoms with E-state index in [1.807, 2.05) is 18.2 Å². The number of nitrogens with zero attached hydrogens (tertiary/aromatic N) is 1. The molecule has 2 aromatic carbocycles. The normalized spacial score (nSPS) is 21.9. The Labute approximate surface area is 182 Å². The number of nitrogens with one attached hydrogen (secondary N) is 1. The average molecular weight is 447 g/mol. The predicted octanol–water partition coefficient (Wildman–Crippen LogP) is 3.43. The van der Waals surface area contributed by atoms with Crippen LogP contribution in [0.1, 0.15) is 42.9 Å². The molecule has 1 aliphatic carbocycles. The van der Waals surface area contributed by atoms with Gasteiger partial charge in [0.25, 0.3) is 0 Å². The molecule has 1 amide bonds. The summed E-state index contributed by atoms with van der Waals surface area (Å²) < 4.78 is 45.7. The Bertz CT molecular complexity index is 1060. The van der Waals surface area contributed by atoms with Gasteiger partial charge in [0.2, 0.25) is 15.9 Å². The molecule has 1 fully saturated rings. The fourth-order valence-electron chi connectivity index (χ4n) is 4.49. The van der Waals surface area contributed by atoms with Crippen molar-refractivity contribution in [1.82, 2.24) is 9.62 Å². The minimum Gasteiger partial charge on any atom is -0.497 e. The number of amides is 1. The number of rotatable bonds is 5. The van der Waals surface area contributed by atoms with Gasteiger partial charge in [-0.05, 0) is 79.6 Å². The molecule has 1 N–H and O–H groups in total. The van der Waals surface area contributed by atoms with E-state index < -0.39 is 21.8 Å². The van der Waals surface area contributed by atoms with Crippen LogP contribution in [0.3, 0.4) is 0 Å². The summed E-state index contributed by atoms with van der Waals surface area (Å²) >= 11 is 0. The van der Waals surface area contributed by atoms with Gasteiger partial charge in [0.05, 0.1) is 24.0 Å². The summed E-state index contributed by atoms with van der Waals surface area (Å²) in [7, 11) is -2.12. The van der Waals surface area contributed by atoms with E-state index in [0.29, 0.717) is 19.4 Å². The van der Waals surface area contributed by atoms with Gasteiger partial charge >= 0.3 is 0 Å². The fraction of sp³-hybridized carbons (Fsp3) is 0.435. The molecule has 0 radical (unpaired) electrons. The van der Waals surface area contributed by atoms with E-state index in [9.17, 15) is 17.6 Å². The van der Waals surface area contributed by atoms with Crippen molar-refractivity contribution in [2.75, 3.05) is 20.2 Å². The molecule has 0 saturated carbocycles. The number of benzene rings is 2. The third kappa shape index (κ3) is 4.60. The van der Waals surface area contributed by atoms with Crippen LogP contribution in [0.2, 0.25) is 0 Å². The lowest BCUT2D eigenvalue weighted by Crippen LogP contribution is -2.46. The van der Waals surface area contributed by atoms with Crippen LogP contribution in [0.25, 0.3) is 0 Å². The van der Waals surface area contributed by atoms with Gasteiger partial charge in [-0.15, -0.1) is 0 Å². The van der Waals surface area contributed by atoms with Crippen LogP contribution in [0, 0.1) is 11.7 Å². The van der Waals surface area contributed by atoms with Crippen LogP contribution >= 0.6 is 0 Å². The van der Waals surface area contributed by atoms with Gasteiger partial charge in [-0.25, -0.2) is 12.8 Å². The van der Waals surface area contributed by atoms with E-state index in [1.165, 1.54) is 22.0 Å². The first-order valence-electron chi connectivity index (χ1n) is 10.6. The number of ether oxygens (including phenoxy) is 1. The number of halogens is 1. The van der Waals surface area contributed by atoms with Crippen LogP contribution in [0.4, 0.5) is 4.39 Å². The minimum absolute atomic E-state index is 0.0464. The van der Waals surface area contributed by atoms with Gasteiger partial charge in [-0.2, -0.15) is 4.31 Å². The number of carbonyl (C=O) groups excluding carboxylic acids is 1. The predicted molar refractivity (Wildman–Crippen MR) is 115 cm³/mol. The molecule has 0 aromatic heterocycles. The Hall–Kier alpha value is -2.45. The maximum absolute atomic E-state index is 13.2. The zero-order valence-electron chi connectivity index (χ0n) is 17.5. The lowest BCUT2D eigenvalue weighted by Gasteiger charge is -2.33. The highest BCUT2D eigenvalue weighted by molar-refractivity contribution is 7.89. The third-order valence-corrected chi connectivity index (χ3v) is 8.07. The van der Waals surface area contributed by atoms with E-state index in [2.05, 4.69) is 5.32 Å². The van der Waals surface area contributed by atoms with Crippen molar-refractivity contribution in [3.05, 3.63) is 59.4 Å². The lowest BCUT2D eigenvalue weighted by atomic mass is 9.87. The van der Waals surface area contributed by atoms with E-state index in [0.717, 1.165) is 42.7 Å². The van der Waals surface area contributed by atoms with Crippen molar-refractivity contribution in [2.45, 2.75) is 43.0 Å². The highest BCUT2D eigenvalue weighted by atomic mass is 32.2. The van der Waals surface area contributed by atoms with Crippen LogP contribution < -0.4 is 10.1 Å². The number of hydrogen-bond donors (Lipinski definition) is 1. The Morgan fingerprint density at radius 1 is 1.13 bits per heavy atom. The highest BCUT2D eigenvalue weighted by Crippen LogP contribution is 2.33. The summed E-state index contributed by atoms with van der Waals surface area (Å²) in [5.41, 5.74) is 2.28. The maximum Gasteiger partial charge on any atom is 0.243 e. The fourth-order valence-corrected chi connectivity index (χ4v) is 6.01. The van der Waals surface area contributed by atoms with Crippen molar-refractivity contribution in [3.8, 4) is 5.75 Å². The van der Waals surface area contributed by atoms with Gasteiger partial charge in [-0.3, -0.25) is 4.79 Å². The summed E-state index contributed by atoms with van der Waals surface area (Å²) in [5, 5.41) is 3.15. The van der Waals surface area contributed by atoms with Crippen LogP contribution in [0.5, 0.6) is 5.75 Å². The van der Waals surface area contributed by atoms with Crippen molar-refractivity contribution >= 4 is 15.9 Å². The largest absolute Gasteiger partial charge is 0.497 e. The number of methoxy groups -OCH3 is 1. The summed E-state index contributed by atoms with van der Waals surface area (Å²) in [6, 6.07) is 10.7. The van der Waals surface area contributed by atoms with Crippen molar-refractivity contribution in [2.24, 2.45) is 5.92 Å². The SMILES string of the molecule is COc1ccc2c(c1)CCCC2NC(=O)C1CCCN(S(=O)(=O)c2ccc(F)cc2)C1. The zero-order valence-corrected chi connectivity index (χ0v) is 18.3. The van der Waals surface area contributed by atoms with Crippen LogP contribution in [-0.4, -0.2) is 38.8 Å². The van der Waals surface area contributed by atoms with E-state index in [1.54, 1.807) is 7.11 Å². The topological polar surface area (TPSA) is 75.7 Å². The van der Waals surface area contributed by atoms with Gasteiger partial charge in [0.15, 0.2) is 0 Å². The molecule has 1 aliphatic heterocycles. The molecule has 2 atom stereocenters. The number of aryl methyl sites for hydroxylation is 1. The maximum atomic E-state index is 13.2. The lowest BCUT2D eigenvalue weighted by molar-refractivity contribution is -0.127. The molecule has 1 saturated heterocycles. The Kier molecular flexibility index (Phi) is 6.29. The smallest absolute Gasteiger partial charge is 0.243 e. The number of fused-ring (bicyclic) bond motifs is 1. The molecule has 166 valence electrons. The summed E-state index contributed by atoms with van der Waals surface area (Å²) in [6.07, 6.45) is 4.03. The van der Waals surface area contributed by atoms with Gasteiger partial charge in [0.1, 0.15) is 11.6 Å². The second-order valence-corrected chi connectivity index (χ2v) is 10.1. The molecule has 2 unspecified atom stereocenters.